The number of aromatic nitrogens is 3. The molecule has 0 saturated carbocycles. The van der Waals surface area contributed by atoms with Gasteiger partial charge >= 0.3 is 5.97 Å². The summed E-state index contributed by atoms with van der Waals surface area (Å²) in [5, 5.41) is 0.758. The van der Waals surface area contributed by atoms with Crippen molar-refractivity contribution in [3.05, 3.63) is 16.7 Å². The van der Waals surface area contributed by atoms with Crippen molar-refractivity contribution >= 4 is 32.8 Å². The van der Waals surface area contributed by atoms with Crippen LogP contribution in [0, 0.1) is 0 Å². The van der Waals surface area contributed by atoms with Gasteiger partial charge in [0, 0.05) is 13.1 Å². The maximum Gasteiger partial charge on any atom is 0.325 e. The Morgan fingerprint density at radius 1 is 1.48 bits per heavy atom. The van der Waals surface area contributed by atoms with E-state index in [0.29, 0.717) is 23.6 Å². The van der Waals surface area contributed by atoms with E-state index < -0.39 is 5.97 Å². The van der Waals surface area contributed by atoms with Gasteiger partial charge in [-0.3, -0.25) is 14.2 Å². The number of carbonyl (C=O) groups excluding carboxylic acids is 1. The van der Waals surface area contributed by atoms with E-state index in [1.807, 2.05) is 0 Å². The Labute approximate surface area is 123 Å². The average Bonchev–Trinajstić information content (AvgIpc) is 2.96. The molecule has 112 valence electrons. The Balaban J connectivity index is 1.95. The number of carbonyl (C=O) groups is 1. The quantitative estimate of drug-likeness (QED) is 0.729. The minimum Gasteiger partial charge on any atom is -0.468 e. The number of nitrogens with zero attached hydrogens (tertiary/aromatic N) is 4. The molecule has 3 rings (SSSR count). The van der Waals surface area contributed by atoms with Crippen molar-refractivity contribution in [1.82, 2.24) is 14.5 Å². The zero-order chi connectivity index (χ0) is 14.8. The number of ether oxygens (including phenoxy) is 2. The van der Waals surface area contributed by atoms with E-state index in [1.165, 1.54) is 29.3 Å². The average molecular weight is 310 g/mol. The molecule has 0 spiro atoms. The first-order valence-electron chi connectivity index (χ1n) is 6.44. The van der Waals surface area contributed by atoms with Crippen LogP contribution in [0.2, 0.25) is 0 Å². The number of methoxy groups -OCH3 is 1. The molecular formula is C12H14N4O4S. The van der Waals surface area contributed by atoms with Crippen molar-refractivity contribution < 1.29 is 14.3 Å². The highest BCUT2D eigenvalue weighted by molar-refractivity contribution is 7.22. The molecule has 9 heteroatoms. The second-order valence-corrected chi connectivity index (χ2v) is 5.48. The summed E-state index contributed by atoms with van der Waals surface area (Å²) in [6.45, 7) is 2.64. The lowest BCUT2D eigenvalue weighted by Crippen LogP contribution is -2.36. The molecule has 3 heterocycles. The lowest BCUT2D eigenvalue weighted by Gasteiger charge is -2.25. The minimum atomic E-state index is -0.490. The fourth-order valence-electron chi connectivity index (χ4n) is 2.04. The van der Waals surface area contributed by atoms with Gasteiger partial charge in [0.15, 0.2) is 10.8 Å². The van der Waals surface area contributed by atoms with Crippen LogP contribution in [-0.2, 0) is 20.8 Å². The Morgan fingerprint density at radius 2 is 2.24 bits per heavy atom. The molecule has 0 radical (unpaired) electrons. The monoisotopic (exact) mass is 310 g/mol. The highest BCUT2D eigenvalue weighted by Gasteiger charge is 2.18. The number of hydrogen-bond acceptors (Lipinski definition) is 8. The smallest absolute Gasteiger partial charge is 0.325 e. The van der Waals surface area contributed by atoms with Crippen molar-refractivity contribution in [2.75, 3.05) is 38.3 Å². The predicted octanol–water partition coefficient (Wildman–Crippen LogP) is -0.137. The zero-order valence-corrected chi connectivity index (χ0v) is 12.3. The van der Waals surface area contributed by atoms with Gasteiger partial charge in [-0.2, -0.15) is 4.98 Å². The highest BCUT2D eigenvalue weighted by Crippen LogP contribution is 2.25. The highest BCUT2D eigenvalue weighted by atomic mass is 32.1. The van der Waals surface area contributed by atoms with E-state index >= 15 is 0 Å². The molecule has 1 aliphatic rings. The molecular weight excluding hydrogens is 296 g/mol. The van der Waals surface area contributed by atoms with Gasteiger partial charge in [0.2, 0.25) is 0 Å². The van der Waals surface area contributed by atoms with Gasteiger partial charge < -0.3 is 14.4 Å². The normalized spacial score (nSPS) is 15.4. The molecule has 2 aromatic rings. The Bertz CT molecular complexity index is 720. The van der Waals surface area contributed by atoms with E-state index in [0.717, 1.165) is 18.2 Å². The van der Waals surface area contributed by atoms with E-state index in [-0.39, 0.29) is 12.1 Å². The van der Waals surface area contributed by atoms with Crippen LogP contribution in [0.5, 0.6) is 0 Å². The summed E-state index contributed by atoms with van der Waals surface area (Å²) in [6.07, 6.45) is 1.32. The van der Waals surface area contributed by atoms with Gasteiger partial charge in [-0.25, -0.2) is 4.98 Å². The van der Waals surface area contributed by atoms with Crippen LogP contribution in [0.4, 0.5) is 5.13 Å². The number of anilines is 1. The van der Waals surface area contributed by atoms with Crippen molar-refractivity contribution in [3.8, 4) is 0 Å². The topological polar surface area (TPSA) is 86.6 Å². The Kier molecular flexibility index (Phi) is 3.84. The summed E-state index contributed by atoms with van der Waals surface area (Å²) in [4.78, 5) is 34.2. The fourth-order valence-corrected chi connectivity index (χ4v) is 3.06. The molecule has 1 fully saturated rings. The summed E-state index contributed by atoms with van der Waals surface area (Å²) < 4.78 is 11.5. The lowest BCUT2D eigenvalue weighted by molar-refractivity contribution is -0.141. The van der Waals surface area contributed by atoms with Gasteiger partial charge in [0.1, 0.15) is 17.6 Å². The van der Waals surface area contributed by atoms with E-state index in [9.17, 15) is 9.59 Å². The number of esters is 1. The summed E-state index contributed by atoms with van der Waals surface area (Å²) in [6, 6.07) is 0. The third kappa shape index (κ3) is 2.74. The molecule has 0 bridgehead atoms. The van der Waals surface area contributed by atoms with E-state index in [1.54, 1.807) is 0 Å². The molecule has 0 atom stereocenters. The maximum atomic E-state index is 12.3. The first-order chi connectivity index (χ1) is 10.2. The Hall–Kier alpha value is -2.00. The van der Waals surface area contributed by atoms with Crippen LogP contribution >= 0.6 is 11.3 Å². The Morgan fingerprint density at radius 3 is 2.95 bits per heavy atom. The number of rotatable bonds is 3. The van der Waals surface area contributed by atoms with E-state index in [2.05, 4.69) is 19.6 Å². The molecule has 21 heavy (non-hydrogen) atoms. The zero-order valence-electron chi connectivity index (χ0n) is 11.4. The lowest BCUT2D eigenvalue weighted by atomic mass is 10.5. The van der Waals surface area contributed by atoms with E-state index in [4.69, 9.17) is 4.74 Å². The second kappa shape index (κ2) is 5.78. The molecule has 0 aliphatic carbocycles. The summed E-state index contributed by atoms with van der Waals surface area (Å²) >= 11 is 1.29. The second-order valence-electron chi connectivity index (χ2n) is 4.50. The maximum absolute atomic E-state index is 12.3. The number of hydrogen-bond donors (Lipinski definition) is 0. The van der Waals surface area contributed by atoms with Gasteiger partial charge in [-0.05, 0) is 0 Å². The third-order valence-electron chi connectivity index (χ3n) is 3.18. The number of thiazole rings is 1. The molecule has 0 aromatic carbocycles. The van der Waals surface area contributed by atoms with Crippen LogP contribution in [0.3, 0.4) is 0 Å². The molecule has 8 nitrogen and oxygen atoms in total. The van der Waals surface area contributed by atoms with Crippen LogP contribution in [0.25, 0.3) is 10.3 Å². The molecule has 1 aliphatic heterocycles. The van der Waals surface area contributed by atoms with Gasteiger partial charge in [0.25, 0.3) is 5.56 Å². The molecule has 0 amide bonds. The van der Waals surface area contributed by atoms with Crippen LogP contribution in [0.1, 0.15) is 0 Å². The van der Waals surface area contributed by atoms with Crippen LogP contribution < -0.4 is 10.5 Å². The molecule has 2 aromatic heterocycles. The van der Waals surface area contributed by atoms with Crippen molar-refractivity contribution in [3.63, 3.8) is 0 Å². The summed E-state index contributed by atoms with van der Waals surface area (Å²) in [7, 11) is 1.28. The van der Waals surface area contributed by atoms with Crippen molar-refractivity contribution in [2.45, 2.75) is 6.54 Å². The minimum absolute atomic E-state index is 0.150. The van der Waals surface area contributed by atoms with Crippen molar-refractivity contribution in [1.29, 1.82) is 0 Å². The van der Waals surface area contributed by atoms with Gasteiger partial charge in [-0.15, -0.1) is 0 Å². The van der Waals surface area contributed by atoms with Crippen molar-refractivity contribution in [2.24, 2.45) is 0 Å². The van der Waals surface area contributed by atoms with Gasteiger partial charge in [0.05, 0.1) is 20.3 Å². The number of morpholine rings is 1. The standard InChI is InChI=1S/C12H14N4O4S/c1-19-8(17)6-16-7-13-10-9(11(16)18)21-12(14-10)15-2-4-20-5-3-15/h7H,2-6H2,1H3. The van der Waals surface area contributed by atoms with Crippen LogP contribution in [0.15, 0.2) is 11.1 Å². The first-order valence-corrected chi connectivity index (χ1v) is 7.26. The first kappa shape index (κ1) is 14.0. The SMILES string of the molecule is COC(=O)Cn1cnc2nc(N3CCOCC3)sc2c1=O. The van der Waals surface area contributed by atoms with Crippen LogP contribution in [-0.4, -0.2) is 53.9 Å². The van der Waals surface area contributed by atoms with Gasteiger partial charge in [-0.1, -0.05) is 11.3 Å². The predicted molar refractivity (Wildman–Crippen MR) is 76.7 cm³/mol. The summed E-state index contributed by atoms with van der Waals surface area (Å²) in [5.74, 6) is -0.490. The fraction of sp³-hybridized carbons (Fsp3) is 0.500. The summed E-state index contributed by atoms with van der Waals surface area (Å²) in [5.41, 5.74) is 0.134. The number of fused-ring (bicyclic) bond motifs is 1. The third-order valence-corrected chi connectivity index (χ3v) is 4.27. The molecule has 1 saturated heterocycles. The molecule has 0 N–H and O–H groups in total. The largest absolute Gasteiger partial charge is 0.468 e. The molecule has 0 unspecified atom stereocenters.